The molecule has 2 rings (SSSR count). The zero-order valence-corrected chi connectivity index (χ0v) is 13.7. The van der Waals surface area contributed by atoms with Crippen LogP contribution in [0.15, 0.2) is 29.5 Å². The van der Waals surface area contributed by atoms with Gasteiger partial charge in [-0.25, -0.2) is 4.79 Å². The smallest absolute Gasteiger partial charge is 0.416 e. The number of alkyl halides is 3. The molecule has 0 atom stereocenters. The SMILES string of the molecule is COC(=O)C1=C(Nc2ccc(C(F)(F)F)cc2Cl)C(=O)N(CCO)C1. The van der Waals surface area contributed by atoms with Crippen molar-refractivity contribution < 1.29 is 32.6 Å². The highest BCUT2D eigenvalue weighted by Gasteiger charge is 2.35. The van der Waals surface area contributed by atoms with Gasteiger partial charge in [0.05, 0.1) is 42.1 Å². The number of esters is 1. The highest BCUT2D eigenvalue weighted by Crippen LogP contribution is 2.35. The van der Waals surface area contributed by atoms with Crippen LogP contribution in [0.2, 0.25) is 5.02 Å². The number of halogens is 4. The van der Waals surface area contributed by atoms with Gasteiger partial charge in [0.2, 0.25) is 0 Å². The van der Waals surface area contributed by atoms with Crippen LogP contribution in [0, 0.1) is 0 Å². The molecule has 1 heterocycles. The molecule has 1 amide bonds. The first-order valence-electron chi connectivity index (χ1n) is 7.04. The molecule has 1 aliphatic heterocycles. The lowest BCUT2D eigenvalue weighted by Crippen LogP contribution is -2.31. The average Bonchev–Trinajstić information content (AvgIpc) is 2.85. The van der Waals surface area contributed by atoms with Crippen molar-refractivity contribution in [2.75, 3.05) is 32.1 Å². The third kappa shape index (κ3) is 4.05. The van der Waals surface area contributed by atoms with E-state index in [2.05, 4.69) is 10.1 Å². The molecule has 10 heteroatoms. The number of carbonyl (C=O) groups is 2. The third-order valence-electron chi connectivity index (χ3n) is 3.51. The Hall–Kier alpha value is -2.26. The molecule has 25 heavy (non-hydrogen) atoms. The van der Waals surface area contributed by atoms with Crippen molar-refractivity contribution in [3.63, 3.8) is 0 Å². The second-order valence-corrected chi connectivity index (χ2v) is 5.52. The zero-order valence-electron chi connectivity index (χ0n) is 13.0. The summed E-state index contributed by atoms with van der Waals surface area (Å²) >= 11 is 5.85. The molecule has 0 fully saturated rings. The number of anilines is 1. The second-order valence-electron chi connectivity index (χ2n) is 5.11. The number of β-amino-alcohol motifs (C(OH)–C–C–N with tert-alkyl or cyclic N) is 1. The molecule has 0 bridgehead atoms. The summed E-state index contributed by atoms with van der Waals surface area (Å²) in [5.41, 5.74) is -1.06. The van der Waals surface area contributed by atoms with E-state index in [1.807, 2.05) is 0 Å². The highest BCUT2D eigenvalue weighted by molar-refractivity contribution is 6.33. The summed E-state index contributed by atoms with van der Waals surface area (Å²) in [6, 6.07) is 2.58. The molecule has 0 spiro atoms. The van der Waals surface area contributed by atoms with E-state index in [0.29, 0.717) is 6.07 Å². The first-order valence-corrected chi connectivity index (χ1v) is 7.42. The van der Waals surface area contributed by atoms with Crippen LogP contribution < -0.4 is 5.32 Å². The molecule has 0 saturated carbocycles. The van der Waals surface area contributed by atoms with Crippen LogP contribution in [0.25, 0.3) is 0 Å². The molecule has 1 aromatic carbocycles. The Balaban J connectivity index is 2.35. The van der Waals surface area contributed by atoms with Crippen LogP contribution in [0.3, 0.4) is 0 Å². The lowest BCUT2D eigenvalue weighted by atomic mass is 10.2. The minimum Gasteiger partial charge on any atom is -0.466 e. The third-order valence-corrected chi connectivity index (χ3v) is 3.82. The number of hydrogen-bond donors (Lipinski definition) is 2. The van der Waals surface area contributed by atoms with Crippen LogP contribution in [-0.4, -0.2) is 48.7 Å². The number of benzene rings is 1. The fourth-order valence-electron chi connectivity index (χ4n) is 2.28. The molecule has 0 saturated heterocycles. The largest absolute Gasteiger partial charge is 0.466 e. The van der Waals surface area contributed by atoms with Crippen molar-refractivity contribution in [2.24, 2.45) is 0 Å². The van der Waals surface area contributed by atoms with Gasteiger partial charge in [-0.15, -0.1) is 0 Å². The van der Waals surface area contributed by atoms with Gasteiger partial charge in [0.1, 0.15) is 5.70 Å². The minimum atomic E-state index is -4.56. The molecule has 0 aromatic heterocycles. The van der Waals surface area contributed by atoms with Gasteiger partial charge in [-0.3, -0.25) is 4.79 Å². The van der Waals surface area contributed by atoms with E-state index in [9.17, 15) is 22.8 Å². The first-order chi connectivity index (χ1) is 11.7. The lowest BCUT2D eigenvalue weighted by Gasteiger charge is -2.15. The molecule has 0 radical (unpaired) electrons. The van der Waals surface area contributed by atoms with Gasteiger partial charge in [0, 0.05) is 6.54 Å². The Morgan fingerprint density at radius 3 is 2.64 bits per heavy atom. The summed E-state index contributed by atoms with van der Waals surface area (Å²) < 4.78 is 42.7. The number of ether oxygens (including phenoxy) is 1. The van der Waals surface area contributed by atoms with Crippen LogP contribution in [0.4, 0.5) is 18.9 Å². The molecular weight excluding hydrogens is 365 g/mol. The maximum atomic E-state index is 12.7. The number of methoxy groups -OCH3 is 1. The van der Waals surface area contributed by atoms with Crippen LogP contribution in [-0.2, 0) is 20.5 Å². The van der Waals surface area contributed by atoms with E-state index >= 15 is 0 Å². The molecule has 0 aliphatic carbocycles. The molecule has 1 aromatic rings. The van der Waals surface area contributed by atoms with Crippen LogP contribution >= 0.6 is 11.6 Å². The Bertz CT molecular complexity index is 734. The minimum absolute atomic E-state index is 0.00286. The second kappa shape index (κ2) is 7.32. The molecule has 1 aliphatic rings. The van der Waals surface area contributed by atoms with Gasteiger partial charge in [0.25, 0.3) is 5.91 Å². The number of rotatable bonds is 5. The van der Waals surface area contributed by atoms with E-state index in [-0.39, 0.29) is 41.7 Å². The monoisotopic (exact) mass is 378 g/mol. The van der Waals surface area contributed by atoms with Crippen molar-refractivity contribution in [1.29, 1.82) is 0 Å². The Morgan fingerprint density at radius 2 is 2.12 bits per heavy atom. The van der Waals surface area contributed by atoms with E-state index < -0.39 is 23.6 Å². The predicted molar refractivity (Wildman–Crippen MR) is 82.8 cm³/mol. The van der Waals surface area contributed by atoms with Crippen molar-refractivity contribution in [3.8, 4) is 0 Å². The first kappa shape index (κ1) is 19.1. The summed E-state index contributed by atoms with van der Waals surface area (Å²) in [7, 11) is 1.14. The maximum Gasteiger partial charge on any atom is 0.416 e. The van der Waals surface area contributed by atoms with E-state index in [1.54, 1.807) is 0 Å². The van der Waals surface area contributed by atoms with Gasteiger partial charge in [-0.05, 0) is 18.2 Å². The Morgan fingerprint density at radius 1 is 1.44 bits per heavy atom. The number of aliphatic hydroxyl groups excluding tert-OH is 1. The van der Waals surface area contributed by atoms with Gasteiger partial charge in [-0.2, -0.15) is 13.2 Å². The van der Waals surface area contributed by atoms with E-state index in [0.717, 1.165) is 19.2 Å². The molecule has 0 unspecified atom stereocenters. The predicted octanol–water partition coefficient (Wildman–Crippen LogP) is 2.03. The van der Waals surface area contributed by atoms with Crippen molar-refractivity contribution in [2.45, 2.75) is 6.18 Å². The van der Waals surface area contributed by atoms with Gasteiger partial charge < -0.3 is 20.1 Å². The molecular formula is C15H14ClF3N2O4. The number of nitrogens with one attached hydrogen (secondary N) is 1. The standard InChI is InChI=1S/C15H14ClF3N2O4/c1-25-14(24)9-7-21(4-5-22)13(23)12(9)20-11-3-2-8(6-10(11)16)15(17,18)19/h2-3,6,20,22H,4-5,7H2,1H3. The fourth-order valence-corrected chi connectivity index (χ4v) is 2.50. The lowest BCUT2D eigenvalue weighted by molar-refractivity contribution is -0.138. The van der Waals surface area contributed by atoms with E-state index in [4.69, 9.17) is 16.7 Å². The Kier molecular flexibility index (Phi) is 5.58. The fraction of sp³-hybridized carbons (Fsp3) is 0.333. The number of amides is 1. The maximum absolute atomic E-state index is 12.7. The van der Waals surface area contributed by atoms with E-state index in [1.165, 1.54) is 4.90 Å². The quantitative estimate of drug-likeness (QED) is 0.767. The zero-order chi connectivity index (χ0) is 18.8. The summed E-state index contributed by atoms with van der Waals surface area (Å²) in [6.07, 6.45) is -4.56. The van der Waals surface area contributed by atoms with Crippen molar-refractivity contribution in [1.82, 2.24) is 4.90 Å². The number of nitrogens with zero attached hydrogens (tertiary/aromatic N) is 1. The van der Waals surface area contributed by atoms with Crippen LogP contribution in [0.5, 0.6) is 0 Å². The van der Waals surface area contributed by atoms with Crippen molar-refractivity contribution >= 4 is 29.2 Å². The normalized spacial score (nSPS) is 15.0. The number of hydrogen-bond acceptors (Lipinski definition) is 5. The molecule has 6 nitrogen and oxygen atoms in total. The Labute approximate surface area is 145 Å². The average molecular weight is 379 g/mol. The van der Waals surface area contributed by atoms with Gasteiger partial charge in [0.15, 0.2) is 0 Å². The molecule has 2 N–H and O–H groups in total. The van der Waals surface area contributed by atoms with Gasteiger partial charge in [-0.1, -0.05) is 11.6 Å². The highest BCUT2D eigenvalue weighted by atomic mass is 35.5. The molecule has 136 valence electrons. The summed E-state index contributed by atoms with van der Waals surface area (Å²) in [5.74, 6) is -1.36. The summed E-state index contributed by atoms with van der Waals surface area (Å²) in [6.45, 7) is -0.410. The number of aliphatic hydroxyl groups is 1. The van der Waals surface area contributed by atoms with Gasteiger partial charge >= 0.3 is 12.1 Å². The topological polar surface area (TPSA) is 78.9 Å². The van der Waals surface area contributed by atoms with Crippen LogP contribution in [0.1, 0.15) is 5.56 Å². The number of carbonyl (C=O) groups excluding carboxylic acids is 2. The summed E-state index contributed by atoms with van der Waals surface area (Å²) in [4.78, 5) is 25.4. The van der Waals surface area contributed by atoms with Crippen molar-refractivity contribution in [3.05, 3.63) is 40.1 Å². The summed E-state index contributed by atoms with van der Waals surface area (Å²) in [5, 5.41) is 11.3.